The summed E-state index contributed by atoms with van der Waals surface area (Å²) in [5, 5.41) is 12.1. The Bertz CT molecular complexity index is 202. The summed E-state index contributed by atoms with van der Waals surface area (Å²) in [5.41, 5.74) is 0. The van der Waals surface area contributed by atoms with Gasteiger partial charge in [0.1, 0.15) is 0 Å². The molecule has 0 aromatic heterocycles. The molecule has 2 N–H and O–H groups in total. The van der Waals surface area contributed by atoms with Crippen molar-refractivity contribution in [2.75, 3.05) is 19.8 Å². The third-order valence-corrected chi connectivity index (χ3v) is 2.04. The number of rotatable bonds is 7. The van der Waals surface area contributed by atoms with Crippen LogP contribution in [-0.2, 0) is 9.53 Å². The van der Waals surface area contributed by atoms with Crippen molar-refractivity contribution < 1.29 is 14.6 Å². The average molecular weight is 215 g/mol. The van der Waals surface area contributed by atoms with Crippen LogP contribution in [0.15, 0.2) is 12.2 Å². The molecule has 0 amide bonds. The maximum Gasteiger partial charge on any atom is 0.330 e. The van der Waals surface area contributed by atoms with Crippen LogP contribution in [0.25, 0.3) is 0 Å². The standard InChI is InChI=1S/C11H21NO3/c1-4-15-11(14)6-5-7-12-10(8-13)9(2)3/h5-6,9-10,12-13H,4,7-8H2,1-3H3/b6-5+. The van der Waals surface area contributed by atoms with Gasteiger partial charge in [0.25, 0.3) is 0 Å². The lowest BCUT2D eigenvalue weighted by Gasteiger charge is -2.18. The van der Waals surface area contributed by atoms with Crippen LogP contribution in [0.3, 0.4) is 0 Å². The minimum Gasteiger partial charge on any atom is -0.463 e. The van der Waals surface area contributed by atoms with Crippen LogP contribution in [0.1, 0.15) is 20.8 Å². The summed E-state index contributed by atoms with van der Waals surface area (Å²) in [6.07, 6.45) is 3.09. The molecule has 0 aromatic carbocycles. The molecule has 0 bridgehead atoms. The second-order valence-corrected chi connectivity index (χ2v) is 3.60. The number of carbonyl (C=O) groups is 1. The number of esters is 1. The van der Waals surface area contributed by atoms with E-state index in [1.54, 1.807) is 13.0 Å². The first kappa shape index (κ1) is 14.1. The lowest BCUT2D eigenvalue weighted by atomic mass is 10.1. The molecule has 0 aliphatic carbocycles. The molecular formula is C11H21NO3. The van der Waals surface area contributed by atoms with E-state index in [0.717, 1.165) is 0 Å². The SMILES string of the molecule is CCOC(=O)/C=C/CNC(CO)C(C)C. The Labute approximate surface area is 91.3 Å². The molecule has 0 aromatic rings. The molecule has 4 heteroatoms. The van der Waals surface area contributed by atoms with E-state index in [9.17, 15) is 4.79 Å². The summed E-state index contributed by atoms with van der Waals surface area (Å²) < 4.78 is 4.72. The summed E-state index contributed by atoms with van der Waals surface area (Å²) in [6.45, 7) is 6.88. The number of ether oxygens (including phenoxy) is 1. The van der Waals surface area contributed by atoms with Crippen LogP contribution in [0, 0.1) is 5.92 Å². The Balaban J connectivity index is 3.72. The van der Waals surface area contributed by atoms with Crippen LogP contribution < -0.4 is 5.32 Å². The number of aliphatic hydroxyl groups is 1. The van der Waals surface area contributed by atoms with E-state index < -0.39 is 0 Å². The smallest absolute Gasteiger partial charge is 0.330 e. The van der Waals surface area contributed by atoms with Crippen molar-refractivity contribution in [2.45, 2.75) is 26.8 Å². The molecule has 0 aliphatic heterocycles. The fourth-order valence-corrected chi connectivity index (χ4v) is 1.08. The fraction of sp³-hybridized carbons (Fsp3) is 0.727. The first-order chi connectivity index (χ1) is 7.11. The van der Waals surface area contributed by atoms with Crippen molar-refractivity contribution in [3.63, 3.8) is 0 Å². The van der Waals surface area contributed by atoms with Gasteiger partial charge in [-0.2, -0.15) is 0 Å². The molecule has 1 unspecified atom stereocenters. The van der Waals surface area contributed by atoms with Crippen LogP contribution in [0.2, 0.25) is 0 Å². The maximum atomic E-state index is 10.9. The van der Waals surface area contributed by atoms with Crippen molar-refractivity contribution >= 4 is 5.97 Å². The molecular weight excluding hydrogens is 194 g/mol. The zero-order valence-corrected chi connectivity index (χ0v) is 9.69. The third-order valence-electron chi connectivity index (χ3n) is 2.04. The Morgan fingerprint density at radius 2 is 2.20 bits per heavy atom. The number of carbonyl (C=O) groups excluding carboxylic acids is 1. The Kier molecular flexibility index (Phi) is 7.95. The van der Waals surface area contributed by atoms with Gasteiger partial charge in [-0.15, -0.1) is 0 Å². The van der Waals surface area contributed by atoms with E-state index in [-0.39, 0.29) is 18.6 Å². The maximum absolute atomic E-state index is 10.9. The zero-order valence-electron chi connectivity index (χ0n) is 9.69. The molecule has 0 heterocycles. The summed E-state index contributed by atoms with van der Waals surface area (Å²) >= 11 is 0. The van der Waals surface area contributed by atoms with Crippen LogP contribution in [0.4, 0.5) is 0 Å². The Morgan fingerprint density at radius 1 is 1.53 bits per heavy atom. The van der Waals surface area contributed by atoms with Gasteiger partial charge in [0.2, 0.25) is 0 Å². The Morgan fingerprint density at radius 3 is 2.67 bits per heavy atom. The van der Waals surface area contributed by atoms with Gasteiger partial charge in [0.05, 0.1) is 13.2 Å². The van der Waals surface area contributed by atoms with Crippen molar-refractivity contribution in [2.24, 2.45) is 5.92 Å². The van der Waals surface area contributed by atoms with Gasteiger partial charge in [-0.1, -0.05) is 19.9 Å². The van der Waals surface area contributed by atoms with E-state index in [2.05, 4.69) is 5.32 Å². The summed E-state index contributed by atoms with van der Waals surface area (Å²) in [4.78, 5) is 10.9. The molecule has 0 aliphatic rings. The summed E-state index contributed by atoms with van der Waals surface area (Å²) in [6, 6.07) is 0.0665. The molecule has 0 rings (SSSR count). The normalized spacial score (nSPS) is 13.4. The highest BCUT2D eigenvalue weighted by atomic mass is 16.5. The molecule has 0 radical (unpaired) electrons. The molecule has 1 atom stereocenters. The highest BCUT2D eigenvalue weighted by Gasteiger charge is 2.09. The van der Waals surface area contributed by atoms with Crippen LogP contribution >= 0.6 is 0 Å². The second kappa shape index (κ2) is 8.44. The predicted molar refractivity (Wildman–Crippen MR) is 59.5 cm³/mol. The van der Waals surface area contributed by atoms with Crippen molar-refractivity contribution in [3.8, 4) is 0 Å². The first-order valence-corrected chi connectivity index (χ1v) is 5.29. The molecule has 4 nitrogen and oxygen atoms in total. The lowest BCUT2D eigenvalue weighted by molar-refractivity contribution is -0.137. The fourth-order valence-electron chi connectivity index (χ4n) is 1.08. The minimum absolute atomic E-state index is 0.0665. The van der Waals surface area contributed by atoms with Gasteiger partial charge >= 0.3 is 5.97 Å². The molecule has 15 heavy (non-hydrogen) atoms. The van der Waals surface area contributed by atoms with Gasteiger partial charge in [-0.3, -0.25) is 0 Å². The van der Waals surface area contributed by atoms with Gasteiger partial charge in [0, 0.05) is 18.7 Å². The second-order valence-electron chi connectivity index (χ2n) is 3.60. The highest BCUT2D eigenvalue weighted by Crippen LogP contribution is 1.99. The monoisotopic (exact) mass is 215 g/mol. The topological polar surface area (TPSA) is 58.6 Å². The average Bonchev–Trinajstić information content (AvgIpc) is 2.17. The van der Waals surface area contributed by atoms with E-state index in [1.165, 1.54) is 6.08 Å². The molecule has 0 fully saturated rings. The van der Waals surface area contributed by atoms with Crippen LogP contribution in [-0.4, -0.2) is 36.9 Å². The number of nitrogens with one attached hydrogen (secondary N) is 1. The summed E-state index contributed by atoms with van der Waals surface area (Å²) in [5.74, 6) is 0.0374. The first-order valence-electron chi connectivity index (χ1n) is 5.29. The van der Waals surface area contributed by atoms with E-state index in [0.29, 0.717) is 19.1 Å². The molecule has 0 saturated heterocycles. The number of hydrogen-bond donors (Lipinski definition) is 2. The Hall–Kier alpha value is -0.870. The van der Waals surface area contributed by atoms with Gasteiger partial charge in [-0.05, 0) is 12.8 Å². The molecule has 0 spiro atoms. The van der Waals surface area contributed by atoms with E-state index >= 15 is 0 Å². The highest BCUT2D eigenvalue weighted by molar-refractivity contribution is 5.81. The third kappa shape index (κ3) is 7.11. The minimum atomic E-state index is -0.329. The lowest BCUT2D eigenvalue weighted by Crippen LogP contribution is -2.37. The van der Waals surface area contributed by atoms with Gasteiger partial charge in [0.15, 0.2) is 0 Å². The zero-order chi connectivity index (χ0) is 11.7. The molecule has 0 saturated carbocycles. The van der Waals surface area contributed by atoms with E-state index in [1.807, 2.05) is 13.8 Å². The van der Waals surface area contributed by atoms with Crippen molar-refractivity contribution in [3.05, 3.63) is 12.2 Å². The van der Waals surface area contributed by atoms with Gasteiger partial charge < -0.3 is 15.2 Å². The van der Waals surface area contributed by atoms with Crippen LogP contribution in [0.5, 0.6) is 0 Å². The molecule has 88 valence electrons. The largest absolute Gasteiger partial charge is 0.463 e. The van der Waals surface area contributed by atoms with Crippen molar-refractivity contribution in [1.82, 2.24) is 5.32 Å². The number of aliphatic hydroxyl groups excluding tert-OH is 1. The van der Waals surface area contributed by atoms with Crippen molar-refractivity contribution in [1.29, 1.82) is 0 Å². The number of hydrogen-bond acceptors (Lipinski definition) is 4. The summed E-state index contributed by atoms with van der Waals surface area (Å²) in [7, 11) is 0. The predicted octanol–water partition coefficient (Wildman–Crippen LogP) is 0.712. The quantitative estimate of drug-likeness (QED) is 0.485. The van der Waals surface area contributed by atoms with E-state index in [4.69, 9.17) is 9.84 Å². The van der Waals surface area contributed by atoms with Gasteiger partial charge in [-0.25, -0.2) is 4.79 Å².